The Balaban J connectivity index is 3.01. The molecule has 0 aliphatic heterocycles. The van der Waals surface area contributed by atoms with Gasteiger partial charge in [0, 0.05) is 6.54 Å². The first-order valence-corrected chi connectivity index (χ1v) is 5.37. The van der Waals surface area contributed by atoms with Crippen LogP contribution in [0.4, 0.5) is 17.6 Å². The van der Waals surface area contributed by atoms with Gasteiger partial charge in [0.15, 0.2) is 0 Å². The number of nitrogens with zero attached hydrogens (tertiary/aromatic N) is 1. The SMILES string of the molecule is CCN(CC(F)(F)F)C(=O)c1cccc(C)c1F. The molecule has 0 saturated carbocycles. The second-order valence-electron chi connectivity index (χ2n) is 3.87. The molecule has 0 fully saturated rings. The lowest BCUT2D eigenvalue weighted by molar-refractivity contribution is -0.140. The second kappa shape index (κ2) is 5.37. The van der Waals surface area contributed by atoms with Crippen LogP contribution in [0.3, 0.4) is 0 Å². The van der Waals surface area contributed by atoms with E-state index in [1.165, 1.54) is 32.0 Å². The van der Waals surface area contributed by atoms with Crippen molar-refractivity contribution in [3.8, 4) is 0 Å². The number of carbonyl (C=O) groups is 1. The minimum atomic E-state index is -4.49. The van der Waals surface area contributed by atoms with Crippen molar-refractivity contribution in [3.63, 3.8) is 0 Å². The molecule has 0 atom stereocenters. The first-order valence-electron chi connectivity index (χ1n) is 5.37. The van der Waals surface area contributed by atoms with Crippen LogP contribution in [0.25, 0.3) is 0 Å². The zero-order valence-corrected chi connectivity index (χ0v) is 10.0. The van der Waals surface area contributed by atoms with Crippen LogP contribution in [0.1, 0.15) is 22.8 Å². The van der Waals surface area contributed by atoms with Crippen LogP contribution in [0.5, 0.6) is 0 Å². The molecule has 0 N–H and O–H groups in total. The summed E-state index contributed by atoms with van der Waals surface area (Å²) >= 11 is 0. The van der Waals surface area contributed by atoms with Crippen LogP contribution >= 0.6 is 0 Å². The summed E-state index contributed by atoms with van der Waals surface area (Å²) in [6.07, 6.45) is -4.49. The lowest BCUT2D eigenvalue weighted by Gasteiger charge is -2.22. The van der Waals surface area contributed by atoms with Gasteiger partial charge >= 0.3 is 6.18 Å². The van der Waals surface area contributed by atoms with Crippen molar-refractivity contribution in [1.82, 2.24) is 4.90 Å². The summed E-state index contributed by atoms with van der Waals surface area (Å²) in [6.45, 7) is 1.35. The topological polar surface area (TPSA) is 20.3 Å². The number of carbonyl (C=O) groups excluding carboxylic acids is 1. The summed E-state index contributed by atoms with van der Waals surface area (Å²) in [5.74, 6) is -1.72. The van der Waals surface area contributed by atoms with Gasteiger partial charge in [-0.2, -0.15) is 13.2 Å². The third-order valence-corrected chi connectivity index (χ3v) is 2.46. The fraction of sp³-hybridized carbons (Fsp3) is 0.417. The molecular formula is C12H13F4NO. The van der Waals surface area contributed by atoms with E-state index in [4.69, 9.17) is 0 Å². The molecule has 1 amide bonds. The minimum absolute atomic E-state index is 0.133. The number of alkyl halides is 3. The maximum atomic E-state index is 13.7. The third kappa shape index (κ3) is 3.45. The summed E-state index contributed by atoms with van der Waals surface area (Å²) in [5, 5.41) is 0. The lowest BCUT2D eigenvalue weighted by atomic mass is 10.1. The Morgan fingerprint density at radius 1 is 1.33 bits per heavy atom. The van der Waals surface area contributed by atoms with Crippen molar-refractivity contribution < 1.29 is 22.4 Å². The molecule has 2 nitrogen and oxygen atoms in total. The zero-order valence-electron chi connectivity index (χ0n) is 10.0. The molecule has 1 rings (SSSR count). The Bertz CT molecular complexity index is 442. The van der Waals surface area contributed by atoms with Crippen LogP contribution in [0, 0.1) is 12.7 Å². The van der Waals surface area contributed by atoms with Crippen LogP contribution in [0.2, 0.25) is 0 Å². The van der Waals surface area contributed by atoms with E-state index < -0.39 is 24.4 Å². The number of benzene rings is 1. The summed E-state index contributed by atoms with van der Waals surface area (Å²) in [6, 6.07) is 4.07. The monoisotopic (exact) mass is 263 g/mol. The van der Waals surface area contributed by atoms with Gasteiger partial charge in [-0.25, -0.2) is 4.39 Å². The van der Waals surface area contributed by atoms with Gasteiger partial charge in [0.2, 0.25) is 0 Å². The molecule has 0 unspecified atom stereocenters. The average molecular weight is 263 g/mol. The van der Waals surface area contributed by atoms with Gasteiger partial charge in [0.25, 0.3) is 5.91 Å². The standard InChI is InChI=1S/C12H13F4NO/c1-3-17(7-12(14,15)16)11(18)9-6-4-5-8(2)10(9)13/h4-6H,3,7H2,1-2H3. The molecule has 0 radical (unpaired) electrons. The van der Waals surface area contributed by atoms with Crippen molar-refractivity contribution in [1.29, 1.82) is 0 Å². The molecule has 0 aromatic heterocycles. The molecule has 0 bridgehead atoms. The normalized spacial score (nSPS) is 11.4. The van der Waals surface area contributed by atoms with Crippen LogP contribution in [-0.4, -0.2) is 30.1 Å². The molecule has 100 valence electrons. The van der Waals surface area contributed by atoms with Gasteiger partial charge in [0.1, 0.15) is 12.4 Å². The fourth-order valence-corrected chi connectivity index (χ4v) is 1.53. The quantitative estimate of drug-likeness (QED) is 0.767. The largest absolute Gasteiger partial charge is 0.406 e. The molecule has 0 aliphatic rings. The van der Waals surface area contributed by atoms with E-state index in [9.17, 15) is 22.4 Å². The minimum Gasteiger partial charge on any atom is -0.330 e. The Morgan fingerprint density at radius 2 is 1.94 bits per heavy atom. The van der Waals surface area contributed by atoms with Gasteiger partial charge in [-0.05, 0) is 25.5 Å². The zero-order chi connectivity index (χ0) is 13.9. The van der Waals surface area contributed by atoms with Gasteiger partial charge in [-0.3, -0.25) is 4.79 Å². The van der Waals surface area contributed by atoms with Crippen LogP contribution in [-0.2, 0) is 0 Å². The highest BCUT2D eigenvalue weighted by Gasteiger charge is 2.33. The summed E-state index contributed by atoms with van der Waals surface area (Å²) < 4.78 is 50.4. The van der Waals surface area contributed by atoms with Gasteiger partial charge in [0.05, 0.1) is 5.56 Å². The molecule has 0 aliphatic carbocycles. The van der Waals surface area contributed by atoms with E-state index in [1.807, 2.05) is 0 Å². The Hall–Kier alpha value is -1.59. The highest BCUT2D eigenvalue weighted by atomic mass is 19.4. The van der Waals surface area contributed by atoms with Crippen LogP contribution in [0.15, 0.2) is 18.2 Å². The first-order chi connectivity index (χ1) is 8.26. The average Bonchev–Trinajstić information content (AvgIpc) is 2.27. The molecule has 1 aromatic carbocycles. The predicted molar refractivity (Wildman–Crippen MR) is 58.8 cm³/mol. The van der Waals surface area contributed by atoms with Gasteiger partial charge < -0.3 is 4.90 Å². The van der Waals surface area contributed by atoms with Crippen molar-refractivity contribution >= 4 is 5.91 Å². The summed E-state index contributed by atoms with van der Waals surface area (Å²) in [7, 11) is 0. The first kappa shape index (κ1) is 14.5. The summed E-state index contributed by atoms with van der Waals surface area (Å²) in [5.41, 5.74) is -0.106. The Labute approximate surface area is 102 Å². The van der Waals surface area contributed by atoms with E-state index in [2.05, 4.69) is 0 Å². The number of hydrogen-bond acceptors (Lipinski definition) is 1. The summed E-state index contributed by atoms with van der Waals surface area (Å²) in [4.78, 5) is 12.4. The highest BCUT2D eigenvalue weighted by Crippen LogP contribution is 2.19. The molecular weight excluding hydrogens is 250 g/mol. The van der Waals surface area contributed by atoms with Gasteiger partial charge in [-0.15, -0.1) is 0 Å². The predicted octanol–water partition coefficient (Wildman–Crippen LogP) is 3.16. The van der Waals surface area contributed by atoms with Crippen molar-refractivity contribution in [2.45, 2.75) is 20.0 Å². The number of aryl methyl sites for hydroxylation is 1. The smallest absolute Gasteiger partial charge is 0.330 e. The van der Waals surface area contributed by atoms with E-state index in [0.29, 0.717) is 4.90 Å². The number of hydrogen-bond donors (Lipinski definition) is 0. The highest BCUT2D eigenvalue weighted by molar-refractivity contribution is 5.94. The Morgan fingerprint density at radius 3 is 2.44 bits per heavy atom. The molecule has 18 heavy (non-hydrogen) atoms. The van der Waals surface area contributed by atoms with Crippen molar-refractivity contribution in [2.24, 2.45) is 0 Å². The lowest BCUT2D eigenvalue weighted by Crippen LogP contribution is -2.39. The number of rotatable bonds is 3. The van der Waals surface area contributed by atoms with Crippen molar-refractivity contribution in [2.75, 3.05) is 13.1 Å². The molecule has 0 spiro atoms. The Kier molecular flexibility index (Phi) is 4.32. The van der Waals surface area contributed by atoms with Crippen LogP contribution < -0.4 is 0 Å². The fourth-order valence-electron chi connectivity index (χ4n) is 1.53. The second-order valence-corrected chi connectivity index (χ2v) is 3.87. The number of amides is 1. The maximum absolute atomic E-state index is 13.7. The maximum Gasteiger partial charge on any atom is 0.406 e. The molecule has 6 heteroatoms. The molecule has 0 saturated heterocycles. The van der Waals surface area contributed by atoms with E-state index >= 15 is 0 Å². The molecule has 0 heterocycles. The van der Waals surface area contributed by atoms with Crippen molar-refractivity contribution in [3.05, 3.63) is 35.1 Å². The third-order valence-electron chi connectivity index (χ3n) is 2.46. The number of halogens is 4. The van der Waals surface area contributed by atoms with E-state index in [-0.39, 0.29) is 17.7 Å². The van der Waals surface area contributed by atoms with E-state index in [1.54, 1.807) is 0 Å². The van der Waals surface area contributed by atoms with E-state index in [0.717, 1.165) is 0 Å². The molecule has 1 aromatic rings. The van der Waals surface area contributed by atoms with Gasteiger partial charge in [-0.1, -0.05) is 12.1 Å².